The zero-order valence-corrected chi connectivity index (χ0v) is 13.6. The summed E-state index contributed by atoms with van der Waals surface area (Å²) in [7, 11) is 1.54. The number of hydrogen-bond acceptors (Lipinski definition) is 4. The highest BCUT2D eigenvalue weighted by Gasteiger charge is 2.25. The summed E-state index contributed by atoms with van der Waals surface area (Å²) >= 11 is 0. The van der Waals surface area contributed by atoms with Crippen LogP contribution in [0, 0.1) is 0 Å². The Labute approximate surface area is 122 Å². The summed E-state index contributed by atoms with van der Waals surface area (Å²) in [5, 5.41) is 3.01. The Balaban J connectivity index is 3.22. The maximum atomic E-state index is 12.6. The first-order valence-electron chi connectivity index (χ1n) is 6.68. The maximum Gasteiger partial charge on any atom is 0.243 e. The predicted octanol–water partition coefficient (Wildman–Crippen LogP) is 1.83. The lowest BCUT2D eigenvalue weighted by molar-refractivity contribution is 0.380. The van der Waals surface area contributed by atoms with Crippen LogP contribution in [0.2, 0.25) is 0 Å². The first-order valence-corrected chi connectivity index (χ1v) is 8.12. The maximum absolute atomic E-state index is 12.6. The van der Waals surface area contributed by atoms with E-state index >= 15 is 0 Å². The summed E-state index contributed by atoms with van der Waals surface area (Å²) in [5.74, 6) is 0.685. The molecule has 6 heteroatoms. The van der Waals surface area contributed by atoms with Crippen LogP contribution in [0.5, 0.6) is 5.75 Å². The molecule has 0 radical (unpaired) electrons. The normalized spacial score (nSPS) is 13.5. The minimum atomic E-state index is -3.47. The largest absolute Gasteiger partial charge is 0.496 e. The molecular weight excluding hydrogens is 276 g/mol. The molecule has 5 nitrogen and oxygen atoms in total. The molecule has 0 aliphatic rings. The monoisotopic (exact) mass is 300 g/mol. The smallest absolute Gasteiger partial charge is 0.243 e. The van der Waals surface area contributed by atoms with Crippen LogP contribution in [0.3, 0.4) is 0 Å². The molecule has 0 heterocycles. The van der Waals surface area contributed by atoms with Gasteiger partial charge in [0.2, 0.25) is 10.0 Å². The fourth-order valence-corrected chi connectivity index (χ4v) is 3.39. The molecule has 0 spiro atoms. The van der Waals surface area contributed by atoms with Gasteiger partial charge in [0.1, 0.15) is 5.75 Å². The van der Waals surface area contributed by atoms with Crippen molar-refractivity contribution in [2.24, 2.45) is 0 Å². The Morgan fingerprint density at radius 1 is 1.40 bits per heavy atom. The van der Waals surface area contributed by atoms with E-state index in [0.717, 1.165) is 12.0 Å². The highest BCUT2D eigenvalue weighted by atomic mass is 32.2. The van der Waals surface area contributed by atoms with Gasteiger partial charge in [-0.25, -0.2) is 8.42 Å². The number of nitrogens with zero attached hydrogens (tertiary/aromatic N) is 1. The number of ether oxygens (including phenoxy) is 1. The van der Waals surface area contributed by atoms with E-state index in [1.807, 2.05) is 20.9 Å². The lowest BCUT2D eigenvalue weighted by Gasteiger charge is -2.23. The molecule has 114 valence electrons. The Bertz CT molecular complexity index is 543. The standard InChI is InChI=1S/C14H24N2O3S/c1-6-11(2)16(4)20(17,18)13-7-8-14(19-5)12(9-13)10-15-3/h7-9,11,15H,6,10H2,1-5H3. The van der Waals surface area contributed by atoms with E-state index in [-0.39, 0.29) is 6.04 Å². The Morgan fingerprint density at radius 2 is 2.05 bits per heavy atom. The summed E-state index contributed by atoms with van der Waals surface area (Å²) in [4.78, 5) is 0.298. The Morgan fingerprint density at radius 3 is 2.55 bits per heavy atom. The molecule has 0 saturated heterocycles. The molecule has 20 heavy (non-hydrogen) atoms. The lowest BCUT2D eigenvalue weighted by atomic mass is 10.2. The third-order valence-electron chi connectivity index (χ3n) is 3.51. The van der Waals surface area contributed by atoms with Crippen molar-refractivity contribution in [3.63, 3.8) is 0 Å². The van der Waals surface area contributed by atoms with Crippen LogP contribution in [-0.4, -0.2) is 40.0 Å². The topological polar surface area (TPSA) is 58.6 Å². The molecule has 0 bridgehead atoms. The number of sulfonamides is 1. The average Bonchev–Trinajstić information content (AvgIpc) is 2.45. The molecule has 0 amide bonds. The second-order valence-electron chi connectivity index (χ2n) is 4.78. The van der Waals surface area contributed by atoms with Crippen LogP contribution in [0.25, 0.3) is 0 Å². The van der Waals surface area contributed by atoms with Gasteiger partial charge in [-0.05, 0) is 38.6 Å². The van der Waals surface area contributed by atoms with Crippen molar-refractivity contribution in [1.82, 2.24) is 9.62 Å². The van der Waals surface area contributed by atoms with E-state index in [9.17, 15) is 8.42 Å². The van der Waals surface area contributed by atoms with Gasteiger partial charge in [-0.3, -0.25) is 0 Å². The van der Waals surface area contributed by atoms with Gasteiger partial charge in [-0.15, -0.1) is 0 Å². The molecule has 1 rings (SSSR count). The van der Waals surface area contributed by atoms with Gasteiger partial charge in [0.05, 0.1) is 12.0 Å². The number of rotatable bonds is 7. The molecule has 0 aliphatic heterocycles. The molecule has 0 fully saturated rings. The zero-order valence-electron chi connectivity index (χ0n) is 12.8. The quantitative estimate of drug-likeness (QED) is 0.834. The highest BCUT2D eigenvalue weighted by molar-refractivity contribution is 7.89. The van der Waals surface area contributed by atoms with Gasteiger partial charge in [0.25, 0.3) is 0 Å². The first kappa shape index (κ1) is 16.9. The predicted molar refractivity (Wildman–Crippen MR) is 80.5 cm³/mol. The van der Waals surface area contributed by atoms with Crippen molar-refractivity contribution in [2.75, 3.05) is 21.2 Å². The van der Waals surface area contributed by atoms with E-state index in [1.165, 1.54) is 4.31 Å². The van der Waals surface area contributed by atoms with E-state index in [1.54, 1.807) is 32.4 Å². The van der Waals surface area contributed by atoms with Crippen molar-refractivity contribution in [1.29, 1.82) is 0 Å². The molecule has 0 saturated carbocycles. The second-order valence-corrected chi connectivity index (χ2v) is 6.78. The van der Waals surface area contributed by atoms with E-state index in [0.29, 0.717) is 17.2 Å². The van der Waals surface area contributed by atoms with Crippen molar-refractivity contribution in [3.8, 4) is 5.75 Å². The summed E-state index contributed by atoms with van der Waals surface area (Å²) in [6.07, 6.45) is 0.773. The Hall–Kier alpha value is -1.11. The minimum Gasteiger partial charge on any atom is -0.496 e. The summed E-state index contributed by atoms with van der Waals surface area (Å²) in [6.45, 7) is 4.42. The van der Waals surface area contributed by atoms with Crippen molar-refractivity contribution in [3.05, 3.63) is 23.8 Å². The number of methoxy groups -OCH3 is 1. The molecule has 1 aromatic rings. The molecule has 1 unspecified atom stereocenters. The van der Waals surface area contributed by atoms with Crippen LogP contribution in [0.4, 0.5) is 0 Å². The molecule has 0 aliphatic carbocycles. The average molecular weight is 300 g/mol. The summed E-state index contributed by atoms with van der Waals surface area (Å²) in [6, 6.07) is 4.93. The van der Waals surface area contributed by atoms with E-state index in [4.69, 9.17) is 4.74 Å². The van der Waals surface area contributed by atoms with Crippen molar-refractivity contribution in [2.45, 2.75) is 37.8 Å². The van der Waals surface area contributed by atoms with Crippen molar-refractivity contribution < 1.29 is 13.2 Å². The first-order chi connectivity index (χ1) is 9.38. The highest BCUT2D eigenvalue weighted by Crippen LogP contribution is 2.25. The fourth-order valence-electron chi connectivity index (χ4n) is 1.90. The van der Waals surface area contributed by atoms with Crippen LogP contribution in [0.1, 0.15) is 25.8 Å². The van der Waals surface area contributed by atoms with Gasteiger partial charge in [0.15, 0.2) is 0 Å². The van der Waals surface area contributed by atoms with Gasteiger partial charge in [0, 0.05) is 25.2 Å². The summed E-state index contributed by atoms with van der Waals surface area (Å²) in [5.41, 5.74) is 0.827. The third kappa shape index (κ3) is 3.50. The minimum absolute atomic E-state index is 0.0325. The van der Waals surface area contributed by atoms with Gasteiger partial charge in [-0.2, -0.15) is 4.31 Å². The molecule has 1 atom stereocenters. The molecular formula is C14H24N2O3S. The zero-order chi connectivity index (χ0) is 15.3. The van der Waals surface area contributed by atoms with Crippen molar-refractivity contribution >= 4 is 10.0 Å². The van der Waals surface area contributed by atoms with Gasteiger partial charge in [-0.1, -0.05) is 6.92 Å². The SMILES string of the molecule is CCC(C)N(C)S(=O)(=O)c1ccc(OC)c(CNC)c1. The number of benzene rings is 1. The fraction of sp³-hybridized carbons (Fsp3) is 0.571. The number of nitrogens with one attached hydrogen (secondary N) is 1. The third-order valence-corrected chi connectivity index (χ3v) is 5.48. The van der Waals surface area contributed by atoms with E-state index in [2.05, 4.69) is 5.32 Å². The summed E-state index contributed by atoms with van der Waals surface area (Å²) < 4.78 is 31.8. The van der Waals surface area contributed by atoms with Crippen LogP contribution < -0.4 is 10.1 Å². The van der Waals surface area contributed by atoms with Crippen LogP contribution >= 0.6 is 0 Å². The lowest BCUT2D eigenvalue weighted by Crippen LogP contribution is -2.34. The second kappa shape index (κ2) is 7.06. The Kier molecular flexibility index (Phi) is 5.98. The molecule has 1 aromatic carbocycles. The molecule has 0 aromatic heterocycles. The van der Waals surface area contributed by atoms with Crippen LogP contribution in [0.15, 0.2) is 23.1 Å². The van der Waals surface area contributed by atoms with Gasteiger partial charge < -0.3 is 10.1 Å². The number of hydrogen-bond donors (Lipinski definition) is 1. The van der Waals surface area contributed by atoms with E-state index < -0.39 is 10.0 Å². The van der Waals surface area contributed by atoms with Gasteiger partial charge >= 0.3 is 0 Å². The van der Waals surface area contributed by atoms with Crippen LogP contribution in [-0.2, 0) is 16.6 Å². The molecule has 1 N–H and O–H groups in total.